The highest BCUT2D eigenvalue weighted by atomic mass is 16.1. The fourth-order valence-corrected chi connectivity index (χ4v) is 4.34. The van der Waals surface area contributed by atoms with Crippen LogP contribution in [0.25, 0.3) is 22.1 Å². The molecule has 0 atom stereocenters. The predicted octanol–water partition coefficient (Wildman–Crippen LogP) is 3.60. The molecule has 0 spiro atoms. The Bertz CT molecular complexity index is 1010. The number of carbonyl (C=O) groups is 1. The van der Waals surface area contributed by atoms with Gasteiger partial charge in [-0.2, -0.15) is 0 Å². The van der Waals surface area contributed by atoms with Crippen LogP contribution in [0.2, 0.25) is 0 Å². The highest BCUT2D eigenvalue weighted by molar-refractivity contribution is 6.04. The molecule has 0 bridgehead atoms. The first-order chi connectivity index (χ1) is 14.2. The number of imidazole rings is 1. The van der Waals surface area contributed by atoms with E-state index in [-0.39, 0.29) is 11.8 Å². The van der Waals surface area contributed by atoms with Gasteiger partial charge in [-0.25, -0.2) is 9.97 Å². The number of unbranched alkanes of at least 4 members (excludes halogenated alkanes) is 1. The number of hydrogen-bond donors (Lipinski definition) is 2. The van der Waals surface area contributed by atoms with Crippen molar-refractivity contribution in [3.63, 3.8) is 0 Å². The van der Waals surface area contributed by atoms with Gasteiger partial charge in [0.25, 0.3) is 0 Å². The maximum atomic E-state index is 12.5. The molecule has 3 aromatic rings. The van der Waals surface area contributed by atoms with Crippen molar-refractivity contribution in [3.8, 4) is 0 Å². The molecule has 4 rings (SSSR count). The maximum Gasteiger partial charge on any atom is 0.223 e. The van der Waals surface area contributed by atoms with E-state index in [1.165, 1.54) is 6.42 Å². The Hall–Kier alpha value is -2.70. The Kier molecular flexibility index (Phi) is 5.92. The van der Waals surface area contributed by atoms with E-state index in [1.54, 1.807) is 6.20 Å². The first kappa shape index (κ1) is 19.6. The van der Waals surface area contributed by atoms with Gasteiger partial charge in [0.05, 0.1) is 5.52 Å². The van der Waals surface area contributed by atoms with Crippen molar-refractivity contribution in [1.29, 1.82) is 0 Å². The van der Waals surface area contributed by atoms with Gasteiger partial charge < -0.3 is 15.6 Å². The van der Waals surface area contributed by atoms with E-state index in [0.717, 1.165) is 67.3 Å². The quantitative estimate of drug-likeness (QED) is 0.638. The standard InChI is InChI=1S/C22H30N6O/c1-2-3-11-17-27-19-20(18-16(26-21(19)23)10-7-12-24-18)28(17)14-13-25-22(29)15-8-5-4-6-9-15/h7,10,12,15H,2-6,8-9,11,13-14H2,1H3,(H2,23,26)(H,25,29). The summed E-state index contributed by atoms with van der Waals surface area (Å²) in [6.45, 7) is 3.41. The van der Waals surface area contributed by atoms with Crippen LogP contribution in [0.5, 0.6) is 0 Å². The molecule has 0 aromatic carbocycles. The van der Waals surface area contributed by atoms with Gasteiger partial charge in [0, 0.05) is 31.6 Å². The number of amides is 1. The summed E-state index contributed by atoms with van der Waals surface area (Å²) in [7, 11) is 0. The number of nitrogens with two attached hydrogens (primary N) is 1. The zero-order valence-corrected chi connectivity index (χ0v) is 17.2. The molecular weight excluding hydrogens is 364 g/mol. The number of pyridine rings is 2. The number of anilines is 1. The molecule has 3 aromatic heterocycles. The SMILES string of the molecule is CCCCc1nc2c(N)nc3cccnc3c2n1CCNC(=O)C1CCCCC1. The minimum absolute atomic E-state index is 0.171. The lowest BCUT2D eigenvalue weighted by Gasteiger charge is -2.21. The number of fused-ring (bicyclic) bond motifs is 3. The van der Waals surface area contributed by atoms with Crippen molar-refractivity contribution < 1.29 is 4.79 Å². The van der Waals surface area contributed by atoms with Crippen LogP contribution < -0.4 is 11.1 Å². The summed E-state index contributed by atoms with van der Waals surface area (Å²) in [4.78, 5) is 26.4. The third kappa shape index (κ3) is 4.04. The average Bonchev–Trinajstić information content (AvgIpc) is 3.12. The molecule has 0 radical (unpaired) electrons. The highest BCUT2D eigenvalue weighted by Crippen LogP contribution is 2.28. The molecule has 0 unspecified atom stereocenters. The number of carbonyl (C=O) groups excluding carboxylic acids is 1. The van der Waals surface area contributed by atoms with Crippen LogP contribution in [0, 0.1) is 5.92 Å². The Balaban J connectivity index is 1.62. The molecule has 7 heteroatoms. The summed E-state index contributed by atoms with van der Waals surface area (Å²) in [5.74, 6) is 1.78. The number of aryl methyl sites for hydroxylation is 1. The van der Waals surface area contributed by atoms with Gasteiger partial charge >= 0.3 is 0 Å². The fourth-order valence-electron chi connectivity index (χ4n) is 4.34. The van der Waals surface area contributed by atoms with Crippen molar-refractivity contribution in [3.05, 3.63) is 24.2 Å². The summed E-state index contributed by atoms with van der Waals surface area (Å²) in [5.41, 5.74) is 9.44. The zero-order chi connectivity index (χ0) is 20.2. The van der Waals surface area contributed by atoms with Crippen molar-refractivity contribution >= 4 is 33.8 Å². The summed E-state index contributed by atoms with van der Waals surface area (Å²) in [5, 5.41) is 3.15. The molecule has 1 amide bonds. The largest absolute Gasteiger partial charge is 0.382 e. The van der Waals surface area contributed by atoms with Crippen molar-refractivity contribution in [1.82, 2.24) is 24.8 Å². The third-order valence-electron chi connectivity index (χ3n) is 5.91. The van der Waals surface area contributed by atoms with Crippen LogP contribution in [-0.4, -0.2) is 32.0 Å². The van der Waals surface area contributed by atoms with E-state index in [0.29, 0.717) is 24.4 Å². The van der Waals surface area contributed by atoms with E-state index < -0.39 is 0 Å². The van der Waals surface area contributed by atoms with Gasteiger partial charge in [-0.3, -0.25) is 9.78 Å². The second-order valence-corrected chi connectivity index (χ2v) is 7.97. The van der Waals surface area contributed by atoms with Gasteiger partial charge in [0.2, 0.25) is 5.91 Å². The second-order valence-electron chi connectivity index (χ2n) is 7.97. The van der Waals surface area contributed by atoms with Gasteiger partial charge in [0.15, 0.2) is 5.82 Å². The van der Waals surface area contributed by atoms with E-state index in [4.69, 9.17) is 10.7 Å². The van der Waals surface area contributed by atoms with E-state index in [1.807, 2.05) is 12.1 Å². The van der Waals surface area contributed by atoms with Gasteiger partial charge in [-0.15, -0.1) is 0 Å². The molecule has 0 aliphatic heterocycles. The van der Waals surface area contributed by atoms with Gasteiger partial charge in [0.1, 0.15) is 22.4 Å². The molecule has 1 saturated carbocycles. The molecule has 1 fully saturated rings. The lowest BCUT2D eigenvalue weighted by atomic mass is 9.89. The Labute approximate surface area is 171 Å². The smallest absolute Gasteiger partial charge is 0.223 e. The lowest BCUT2D eigenvalue weighted by molar-refractivity contribution is -0.125. The predicted molar refractivity (Wildman–Crippen MR) is 115 cm³/mol. The normalized spacial score (nSPS) is 15.2. The summed E-state index contributed by atoms with van der Waals surface area (Å²) in [6.07, 6.45) is 10.4. The van der Waals surface area contributed by atoms with Crippen LogP contribution in [0.4, 0.5) is 5.82 Å². The topological polar surface area (TPSA) is 98.7 Å². The van der Waals surface area contributed by atoms with Crippen molar-refractivity contribution in [2.45, 2.75) is 64.8 Å². The second kappa shape index (κ2) is 8.76. The lowest BCUT2D eigenvalue weighted by Crippen LogP contribution is -2.34. The van der Waals surface area contributed by atoms with E-state index >= 15 is 0 Å². The summed E-state index contributed by atoms with van der Waals surface area (Å²) < 4.78 is 2.18. The van der Waals surface area contributed by atoms with Crippen LogP contribution in [-0.2, 0) is 17.8 Å². The Morgan fingerprint density at radius 3 is 2.86 bits per heavy atom. The Morgan fingerprint density at radius 2 is 2.07 bits per heavy atom. The van der Waals surface area contributed by atoms with Crippen LogP contribution in [0.3, 0.4) is 0 Å². The number of nitrogens with one attached hydrogen (secondary N) is 1. The van der Waals surface area contributed by atoms with Crippen LogP contribution in [0.1, 0.15) is 57.7 Å². The number of aromatic nitrogens is 4. The fraction of sp³-hybridized carbons (Fsp3) is 0.545. The van der Waals surface area contributed by atoms with Crippen molar-refractivity contribution in [2.75, 3.05) is 12.3 Å². The highest BCUT2D eigenvalue weighted by Gasteiger charge is 2.21. The number of hydrogen-bond acceptors (Lipinski definition) is 5. The van der Waals surface area contributed by atoms with E-state index in [9.17, 15) is 4.79 Å². The minimum atomic E-state index is 0.171. The van der Waals surface area contributed by atoms with Gasteiger partial charge in [-0.05, 0) is 31.4 Å². The first-order valence-corrected chi connectivity index (χ1v) is 10.9. The molecule has 3 heterocycles. The number of nitrogen functional groups attached to an aromatic ring is 1. The zero-order valence-electron chi connectivity index (χ0n) is 17.2. The van der Waals surface area contributed by atoms with E-state index in [2.05, 4.69) is 26.8 Å². The third-order valence-corrected chi connectivity index (χ3v) is 5.91. The monoisotopic (exact) mass is 394 g/mol. The molecule has 0 saturated heterocycles. The number of nitrogens with zero attached hydrogens (tertiary/aromatic N) is 4. The van der Waals surface area contributed by atoms with Crippen LogP contribution >= 0.6 is 0 Å². The molecule has 154 valence electrons. The summed E-state index contributed by atoms with van der Waals surface area (Å²) >= 11 is 0. The first-order valence-electron chi connectivity index (χ1n) is 10.9. The number of rotatable bonds is 7. The molecular formula is C22H30N6O. The maximum absolute atomic E-state index is 12.5. The Morgan fingerprint density at radius 1 is 1.24 bits per heavy atom. The molecule has 1 aliphatic carbocycles. The molecule has 3 N–H and O–H groups in total. The summed E-state index contributed by atoms with van der Waals surface area (Å²) in [6, 6.07) is 3.79. The molecule has 29 heavy (non-hydrogen) atoms. The van der Waals surface area contributed by atoms with Gasteiger partial charge in [-0.1, -0.05) is 32.6 Å². The van der Waals surface area contributed by atoms with Crippen molar-refractivity contribution in [2.24, 2.45) is 5.92 Å². The average molecular weight is 395 g/mol. The minimum Gasteiger partial charge on any atom is -0.382 e. The van der Waals surface area contributed by atoms with Crippen LogP contribution in [0.15, 0.2) is 18.3 Å². The molecule has 7 nitrogen and oxygen atoms in total. The molecule has 1 aliphatic rings.